The minimum atomic E-state index is 0.198. The zero-order valence-corrected chi connectivity index (χ0v) is 15.0. The zero-order chi connectivity index (χ0) is 14.7. The van der Waals surface area contributed by atoms with Crippen LogP contribution in [-0.4, -0.2) is 7.05 Å². The van der Waals surface area contributed by atoms with Gasteiger partial charge in [-0.25, -0.2) is 0 Å². The third kappa shape index (κ3) is 3.76. The van der Waals surface area contributed by atoms with Gasteiger partial charge < -0.3 is 10.1 Å². The maximum Gasteiger partial charge on any atom is 0.141 e. The molecule has 0 fully saturated rings. The van der Waals surface area contributed by atoms with E-state index < -0.39 is 0 Å². The molecule has 1 unspecified atom stereocenters. The minimum absolute atomic E-state index is 0.198. The molecule has 0 aliphatic rings. The van der Waals surface area contributed by atoms with Crippen LogP contribution in [0, 0.1) is 0 Å². The van der Waals surface area contributed by atoms with Crippen LogP contribution in [0.2, 0.25) is 5.02 Å². The lowest BCUT2D eigenvalue weighted by Gasteiger charge is -2.17. The van der Waals surface area contributed by atoms with Gasteiger partial charge in [0.25, 0.3) is 0 Å². The fourth-order valence-corrected chi connectivity index (χ4v) is 2.89. The number of ether oxygens (including phenoxy) is 1. The fraction of sp³-hybridized carbons (Fsp3) is 0.200. The Morgan fingerprint density at radius 1 is 1.10 bits per heavy atom. The van der Waals surface area contributed by atoms with E-state index in [0.717, 1.165) is 26.0 Å². The molecule has 2 nitrogen and oxygen atoms in total. The molecule has 0 amide bonds. The second-order valence-electron chi connectivity index (χ2n) is 4.37. The van der Waals surface area contributed by atoms with E-state index >= 15 is 0 Å². The van der Waals surface area contributed by atoms with Crippen molar-refractivity contribution in [3.8, 4) is 11.5 Å². The van der Waals surface area contributed by atoms with Gasteiger partial charge in [-0.05, 0) is 60.2 Å². The molecule has 2 aromatic carbocycles. The molecule has 0 radical (unpaired) electrons. The molecule has 0 aliphatic carbocycles. The highest BCUT2D eigenvalue weighted by Gasteiger charge is 2.13. The van der Waals surface area contributed by atoms with E-state index in [2.05, 4.69) is 44.1 Å². The lowest BCUT2D eigenvalue weighted by atomic mass is 10.1. The van der Waals surface area contributed by atoms with Crippen molar-refractivity contribution in [1.82, 2.24) is 5.32 Å². The summed E-state index contributed by atoms with van der Waals surface area (Å²) in [5, 5.41) is 3.89. The van der Waals surface area contributed by atoms with Crippen LogP contribution in [-0.2, 0) is 0 Å². The first-order valence-electron chi connectivity index (χ1n) is 6.11. The molecule has 0 spiro atoms. The van der Waals surface area contributed by atoms with Gasteiger partial charge in [0.2, 0.25) is 0 Å². The highest BCUT2D eigenvalue weighted by Crippen LogP contribution is 2.36. The Balaban J connectivity index is 2.39. The van der Waals surface area contributed by atoms with Crippen LogP contribution < -0.4 is 10.1 Å². The summed E-state index contributed by atoms with van der Waals surface area (Å²) >= 11 is 12.9. The molecular weight excluding hydrogens is 405 g/mol. The minimum Gasteiger partial charge on any atom is -0.456 e. The average molecular weight is 420 g/mol. The first-order valence-corrected chi connectivity index (χ1v) is 8.07. The van der Waals surface area contributed by atoms with E-state index in [1.54, 1.807) is 6.07 Å². The molecule has 0 heterocycles. The SMILES string of the molecule is CNC(C)c1ccc(Br)cc1Oc1ccc(Cl)cc1Br. The van der Waals surface area contributed by atoms with Crippen LogP contribution in [0.4, 0.5) is 0 Å². The number of halogens is 3. The predicted molar refractivity (Wildman–Crippen MR) is 90.8 cm³/mol. The Labute approximate surface area is 140 Å². The van der Waals surface area contributed by atoms with E-state index in [0.29, 0.717) is 5.02 Å². The molecule has 5 heteroatoms. The van der Waals surface area contributed by atoms with Crippen molar-refractivity contribution < 1.29 is 4.74 Å². The maximum atomic E-state index is 6.02. The molecule has 0 saturated carbocycles. The van der Waals surface area contributed by atoms with Gasteiger partial charge in [0.1, 0.15) is 11.5 Å². The first kappa shape index (κ1) is 15.8. The van der Waals surface area contributed by atoms with Crippen LogP contribution in [0.15, 0.2) is 45.3 Å². The lowest BCUT2D eigenvalue weighted by Crippen LogP contribution is -2.13. The van der Waals surface area contributed by atoms with Crippen molar-refractivity contribution >= 4 is 43.5 Å². The third-order valence-electron chi connectivity index (χ3n) is 2.99. The quantitative estimate of drug-likeness (QED) is 0.662. The molecule has 0 saturated heterocycles. The lowest BCUT2D eigenvalue weighted by molar-refractivity contribution is 0.463. The van der Waals surface area contributed by atoms with Gasteiger partial charge in [-0.1, -0.05) is 33.6 Å². The second kappa shape index (κ2) is 6.94. The summed E-state index contributed by atoms with van der Waals surface area (Å²) in [6.07, 6.45) is 0. The Morgan fingerprint density at radius 3 is 2.50 bits per heavy atom. The normalized spacial score (nSPS) is 12.2. The highest BCUT2D eigenvalue weighted by molar-refractivity contribution is 9.10. The highest BCUT2D eigenvalue weighted by atomic mass is 79.9. The van der Waals surface area contributed by atoms with Crippen LogP contribution >= 0.6 is 43.5 Å². The van der Waals surface area contributed by atoms with Gasteiger partial charge >= 0.3 is 0 Å². The Hall–Kier alpha value is -0.550. The molecule has 1 N–H and O–H groups in total. The van der Waals surface area contributed by atoms with Gasteiger partial charge in [-0.2, -0.15) is 0 Å². The largest absolute Gasteiger partial charge is 0.456 e. The van der Waals surface area contributed by atoms with Crippen molar-refractivity contribution in [2.24, 2.45) is 0 Å². The number of rotatable bonds is 4. The molecule has 0 aromatic heterocycles. The third-order valence-corrected chi connectivity index (χ3v) is 4.34. The summed E-state index contributed by atoms with van der Waals surface area (Å²) in [5.41, 5.74) is 1.09. The summed E-state index contributed by atoms with van der Waals surface area (Å²) in [4.78, 5) is 0. The van der Waals surface area contributed by atoms with Crippen molar-refractivity contribution in [2.45, 2.75) is 13.0 Å². The number of hydrogen-bond acceptors (Lipinski definition) is 2. The monoisotopic (exact) mass is 417 g/mol. The van der Waals surface area contributed by atoms with Crippen LogP contribution in [0.1, 0.15) is 18.5 Å². The summed E-state index contributed by atoms with van der Waals surface area (Å²) in [6.45, 7) is 2.09. The summed E-state index contributed by atoms with van der Waals surface area (Å²) < 4.78 is 7.83. The predicted octanol–water partition coefficient (Wildman–Crippen LogP) is 5.94. The van der Waals surface area contributed by atoms with Crippen molar-refractivity contribution in [1.29, 1.82) is 0 Å². The average Bonchev–Trinajstić information content (AvgIpc) is 2.41. The van der Waals surface area contributed by atoms with Gasteiger partial charge in [-0.3, -0.25) is 0 Å². The van der Waals surface area contributed by atoms with Crippen LogP contribution in [0.5, 0.6) is 11.5 Å². The first-order chi connectivity index (χ1) is 9.51. The van der Waals surface area contributed by atoms with E-state index in [1.165, 1.54) is 0 Å². The molecule has 1 atom stereocenters. The van der Waals surface area contributed by atoms with E-state index in [-0.39, 0.29) is 6.04 Å². The Kier molecular flexibility index (Phi) is 5.49. The number of benzene rings is 2. The topological polar surface area (TPSA) is 21.3 Å². The van der Waals surface area contributed by atoms with Crippen molar-refractivity contribution in [3.05, 3.63) is 55.9 Å². The van der Waals surface area contributed by atoms with Crippen molar-refractivity contribution in [3.63, 3.8) is 0 Å². The smallest absolute Gasteiger partial charge is 0.141 e. The molecule has 2 rings (SSSR count). The van der Waals surface area contributed by atoms with E-state index in [9.17, 15) is 0 Å². The Bertz CT molecular complexity index is 619. The van der Waals surface area contributed by atoms with E-state index in [4.69, 9.17) is 16.3 Å². The van der Waals surface area contributed by atoms with E-state index in [1.807, 2.05) is 37.4 Å². The molecule has 0 aliphatic heterocycles. The number of nitrogens with one attached hydrogen (secondary N) is 1. The molecule has 2 aromatic rings. The zero-order valence-electron chi connectivity index (χ0n) is 11.1. The van der Waals surface area contributed by atoms with Gasteiger partial charge in [-0.15, -0.1) is 0 Å². The van der Waals surface area contributed by atoms with Crippen LogP contribution in [0.3, 0.4) is 0 Å². The second-order valence-corrected chi connectivity index (χ2v) is 6.58. The standard InChI is InChI=1S/C15H14Br2ClNO/c1-9(19-2)12-5-3-10(16)7-15(12)20-14-6-4-11(18)8-13(14)17/h3-9,19H,1-2H3. The maximum absolute atomic E-state index is 6.02. The molecule has 20 heavy (non-hydrogen) atoms. The van der Waals surface area contributed by atoms with Gasteiger partial charge in [0.05, 0.1) is 4.47 Å². The number of hydrogen-bond donors (Lipinski definition) is 1. The van der Waals surface area contributed by atoms with Crippen molar-refractivity contribution in [2.75, 3.05) is 7.05 Å². The molecular formula is C15H14Br2ClNO. The Morgan fingerprint density at radius 2 is 1.85 bits per heavy atom. The summed E-state index contributed by atoms with van der Waals surface area (Å²) in [7, 11) is 1.93. The summed E-state index contributed by atoms with van der Waals surface area (Å²) in [5.74, 6) is 1.54. The summed E-state index contributed by atoms with van der Waals surface area (Å²) in [6, 6.07) is 11.7. The fourth-order valence-electron chi connectivity index (χ4n) is 1.79. The molecule has 0 bridgehead atoms. The van der Waals surface area contributed by atoms with Gasteiger partial charge in [0, 0.05) is 21.1 Å². The van der Waals surface area contributed by atoms with Crippen LogP contribution in [0.25, 0.3) is 0 Å². The van der Waals surface area contributed by atoms with Gasteiger partial charge in [0.15, 0.2) is 0 Å². The molecule has 106 valence electrons.